The fourth-order valence-corrected chi connectivity index (χ4v) is 4.41. The molecule has 0 fully saturated rings. The lowest BCUT2D eigenvalue weighted by Crippen LogP contribution is -2.31. The largest absolute Gasteiger partial charge is 0.241 e. The number of fused-ring (bicyclic) bond motifs is 1. The summed E-state index contributed by atoms with van der Waals surface area (Å²) in [6.45, 7) is 4.20. The summed E-state index contributed by atoms with van der Waals surface area (Å²) in [7, 11) is -3.50. The Morgan fingerprint density at radius 1 is 1.04 bits per heavy atom. The van der Waals surface area contributed by atoms with Gasteiger partial charge in [-0.05, 0) is 54.0 Å². The quantitative estimate of drug-likeness (QED) is 0.915. The summed E-state index contributed by atoms with van der Waals surface area (Å²) in [6, 6.07) is 15.2. The molecule has 0 aromatic heterocycles. The molecule has 0 radical (unpaired) electrons. The van der Waals surface area contributed by atoms with E-state index in [1.54, 1.807) is 12.1 Å². The van der Waals surface area contributed by atoms with Crippen LogP contribution in [0.15, 0.2) is 53.4 Å². The molecular formula is C19H23NO2S. The molecule has 23 heavy (non-hydrogen) atoms. The molecule has 0 heterocycles. The Kier molecular flexibility index (Phi) is 4.55. The Hall–Kier alpha value is -1.65. The molecule has 3 nitrogen and oxygen atoms in total. The molecule has 0 amide bonds. The Bertz CT molecular complexity index is 779. The molecule has 122 valence electrons. The summed E-state index contributed by atoms with van der Waals surface area (Å²) >= 11 is 0. The highest BCUT2D eigenvalue weighted by Gasteiger charge is 2.25. The van der Waals surface area contributed by atoms with E-state index in [0.29, 0.717) is 10.8 Å². The molecule has 2 aromatic carbocycles. The normalized spacial score (nSPS) is 18.0. The van der Waals surface area contributed by atoms with E-state index >= 15 is 0 Å². The Morgan fingerprint density at radius 3 is 2.43 bits per heavy atom. The fourth-order valence-electron chi connectivity index (χ4n) is 3.16. The first-order valence-corrected chi connectivity index (χ1v) is 9.66. The molecule has 1 unspecified atom stereocenters. The molecule has 2 aromatic rings. The van der Waals surface area contributed by atoms with Gasteiger partial charge < -0.3 is 0 Å². The minimum atomic E-state index is -3.50. The smallest absolute Gasteiger partial charge is 0.207 e. The van der Waals surface area contributed by atoms with Crippen LogP contribution in [0.4, 0.5) is 0 Å². The van der Waals surface area contributed by atoms with Crippen molar-refractivity contribution in [3.05, 3.63) is 65.2 Å². The second-order valence-corrected chi connectivity index (χ2v) is 8.20. The molecule has 0 bridgehead atoms. The maximum Gasteiger partial charge on any atom is 0.241 e. The van der Waals surface area contributed by atoms with Gasteiger partial charge in [-0.25, -0.2) is 13.1 Å². The summed E-state index contributed by atoms with van der Waals surface area (Å²) < 4.78 is 28.2. The van der Waals surface area contributed by atoms with Gasteiger partial charge in [0.1, 0.15) is 0 Å². The second-order valence-electron chi connectivity index (χ2n) is 6.49. The number of rotatable bonds is 4. The summed E-state index contributed by atoms with van der Waals surface area (Å²) in [5, 5.41) is 0. The molecule has 1 aliphatic carbocycles. The van der Waals surface area contributed by atoms with E-state index < -0.39 is 10.0 Å². The van der Waals surface area contributed by atoms with Crippen LogP contribution in [0.3, 0.4) is 0 Å². The van der Waals surface area contributed by atoms with E-state index in [9.17, 15) is 8.42 Å². The lowest BCUT2D eigenvalue weighted by atomic mass is 9.88. The number of nitrogens with one attached hydrogen (secondary N) is 1. The first-order valence-electron chi connectivity index (χ1n) is 8.17. The average Bonchev–Trinajstić information content (AvgIpc) is 2.55. The van der Waals surface area contributed by atoms with E-state index in [1.165, 1.54) is 5.56 Å². The van der Waals surface area contributed by atoms with Crippen LogP contribution in [0.25, 0.3) is 0 Å². The zero-order valence-corrected chi connectivity index (χ0v) is 14.4. The predicted octanol–water partition coefficient (Wildman–Crippen LogP) is 4.17. The highest BCUT2D eigenvalue weighted by molar-refractivity contribution is 7.89. The van der Waals surface area contributed by atoms with Crippen molar-refractivity contribution in [1.29, 1.82) is 0 Å². The molecule has 1 aliphatic rings. The van der Waals surface area contributed by atoms with Gasteiger partial charge in [0.05, 0.1) is 4.90 Å². The Morgan fingerprint density at radius 2 is 1.74 bits per heavy atom. The molecule has 4 heteroatoms. The molecule has 3 rings (SSSR count). The number of hydrogen-bond acceptors (Lipinski definition) is 2. The molecule has 0 spiro atoms. The topological polar surface area (TPSA) is 46.2 Å². The van der Waals surface area contributed by atoms with Gasteiger partial charge in [0.25, 0.3) is 0 Å². The molecule has 0 aliphatic heterocycles. The van der Waals surface area contributed by atoms with Crippen molar-refractivity contribution in [3.63, 3.8) is 0 Å². The third-order valence-corrected chi connectivity index (χ3v) is 6.01. The number of aryl methyl sites for hydroxylation is 1. The van der Waals surface area contributed by atoms with Crippen molar-refractivity contribution in [3.8, 4) is 0 Å². The maximum absolute atomic E-state index is 12.7. The minimum Gasteiger partial charge on any atom is -0.207 e. The first kappa shape index (κ1) is 16.2. The van der Waals surface area contributed by atoms with Gasteiger partial charge >= 0.3 is 0 Å². The molecule has 1 N–H and O–H groups in total. The van der Waals surface area contributed by atoms with Crippen molar-refractivity contribution in [2.75, 3.05) is 0 Å². The van der Waals surface area contributed by atoms with Gasteiger partial charge in [0.15, 0.2) is 0 Å². The number of sulfonamides is 1. The van der Waals surface area contributed by atoms with Gasteiger partial charge in [0, 0.05) is 6.04 Å². The van der Waals surface area contributed by atoms with Crippen LogP contribution in [0.1, 0.15) is 55.3 Å². The fraction of sp³-hybridized carbons (Fsp3) is 0.368. The first-order chi connectivity index (χ1) is 11.0. The molecule has 0 saturated carbocycles. The van der Waals surface area contributed by atoms with Gasteiger partial charge in [-0.2, -0.15) is 0 Å². The number of hydrogen-bond donors (Lipinski definition) is 1. The Balaban J connectivity index is 1.85. The van der Waals surface area contributed by atoms with Crippen LogP contribution in [0.5, 0.6) is 0 Å². The summed E-state index contributed by atoms with van der Waals surface area (Å²) in [5.41, 5.74) is 3.51. The van der Waals surface area contributed by atoms with Crippen LogP contribution in [0, 0.1) is 0 Å². The highest BCUT2D eigenvalue weighted by atomic mass is 32.2. The van der Waals surface area contributed by atoms with Gasteiger partial charge in [-0.3, -0.25) is 0 Å². The van der Waals surface area contributed by atoms with E-state index in [4.69, 9.17) is 0 Å². The second kappa shape index (κ2) is 6.46. The summed E-state index contributed by atoms with van der Waals surface area (Å²) in [6.07, 6.45) is 2.88. The maximum atomic E-state index is 12.7. The monoisotopic (exact) mass is 329 g/mol. The molecule has 0 saturated heterocycles. The van der Waals surface area contributed by atoms with Crippen LogP contribution in [-0.2, 0) is 16.4 Å². The van der Waals surface area contributed by atoms with Gasteiger partial charge in [-0.15, -0.1) is 0 Å². The van der Waals surface area contributed by atoms with Crippen LogP contribution in [0.2, 0.25) is 0 Å². The van der Waals surface area contributed by atoms with Crippen molar-refractivity contribution in [2.24, 2.45) is 0 Å². The minimum absolute atomic E-state index is 0.130. The molecular weight excluding hydrogens is 306 g/mol. The summed E-state index contributed by atoms with van der Waals surface area (Å²) in [4.78, 5) is 0.338. The zero-order chi connectivity index (χ0) is 16.4. The van der Waals surface area contributed by atoms with Gasteiger partial charge in [-0.1, -0.05) is 50.2 Å². The third kappa shape index (κ3) is 3.48. The SMILES string of the molecule is CC(C)c1ccc(S(=O)(=O)NC2CCCc3ccccc32)cc1. The zero-order valence-electron chi connectivity index (χ0n) is 13.6. The van der Waals surface area contributed by atoms with E-state index in [-0.39, 0.29) is 6.04 Å². The van der Waals surface area contributed by atoms with Crippen molar-refractivity contribution >= 4 is 10.0 Å². The standard InChI is InChI=1S/C19H23NO2S/c1-14(2)15-10-12-17(13-11-15)23(21,22)20-19-9-5-7-16-6-3-4-8-18(16)19/h3-4,6,8,10-14,19-20H,5,7,9H2,1-2H3. The van der Waals surface area contributed by atoms with Crippen LogP contribution >= 0.6 is 0 Å². The lowest BCUT2D eigenvalue weighted by molar-refractivity contribution is 0.507. The van der Waals surface area contributed by atoms with E-state index in [1.807, 2.05) is 30.3 Å². The third-order valence-electron chi connectivity index (χ3n) is 4.52. The van der Waals surface area contributed by atoms with Crippen molar-refractivity contribution in [1.82, 2.24) is 4.72 Å². The van der Waals surface area contributed by atoms with E-state index in [0.717, 1.165) is 30.4 Å². The van der Waals surface area contributed by atoms with E-state index in [2.05, 4.69) is 24.6 Å². The van der Waals surface area contributed by atoms with Crippen molar-refractivity contribution < 1.29 is 8.42 Å². The highest BCUT2D eigenvalue weighted by Crippen LogP contribution is 2.31. The number of benzene rings is 2. The van der Waals surface area contributed by atoms with Crippen LogP contribution in [-0.4, -0.2) is 8.42 Å². The predicted molar refractivity (Wildman–Crippen MR) is 93.0 cm³/mol. The van der Waals surface area contributed by atoms with Crippen molar-refractivity contribution in [2.45, 2.75) is 50.0 Å². The van der Waals surface area contributed by atoms with Gasteiger partial charge in [0.2, 0.25) is 10.0 Å². The Labute approximate surface area is 138 Å². The van der Waals surface area contributed by atoms with Crippen LogP contribution < -0.4 is 4.72 Å². The molecule has 1 atom stereocenters. The lowest BCUT2D eigenvalue weighted by Gasteiger charge is -2.26. The summed E-state index contributed by atoms with van der Waals surface area (Å²) in [5.74, 6) is 0.393. The average molecular weight is 329 g/mol.